The largest absolute Gasteiger partial charge is 0.314 e. The minimum Gasteiger partial charge on any atom is -0.314 e. The lowest BCUT2D eigenvalue weighted by Gasteiger charge is -2.34. The lowest BCUT2D eigenvalue weighted by molar-refractivity contribution is 0.227. The molecule has 0 unspecified atom stereocenters. The molecule has 1 aliphatic heterocycles. The van der Waals surface area contributed by atoms with Crippen LogP contribution in [0.5, 0.6) is 0 Å². The zero-order chi connectivity index (χ0) is 9.73. The van der Waals surface area contributed by atoms with Crippen LogP contribution in [-0.2, 0) is 0 Å². The van der Waals surface area contributed by atoms with Gasteiger partial charge in [0.15, 0.2) is 0 Å². The maximum absolute atomic E-state index is 3.38. The number of piperazine rings is 1. The average molecular weight is 220 g/mol. The van der Waals surface area contributed by atoms with Crippen LogP contribution in [0.25, 0.3) is 0 Å². The fourth-order valence-corrected chi connectivity index (χ4v) is 3.86. The highest BCUT2D eigenvalue weighted by Crippen LogP contribution is 2.34. The van der Waals surface area contributed by atoms with E-state index in [1.54, 1.807) is 0 Å². The number of nitrogens with zero attached hydrogens (tertiary/aromatic N) is 1. The minimum atomic E-state index is 0.386. The molecule has 0 aromatic heterocycles. The Balaban J connectivity index is 2.28. The van der Waals surface area contributed by atoms with Crippen LogP contribution in [0.1, 0.15) is 13.8 Å². The molecule has 1 heterocycles. The summed E-state index contributed by atoms with van der Waals surface area (Å²) in [6.45, 7) is 10.6. The van der Waals surface area contributed by atoms with Gasteiger partial charge in [-0.25, -0.2) is 0 Å². The summed E-state index contributed by atoms with van der Waals surface area (Å²) in [6, 6.07) is 0. The van der Waals surface area contributed by atoms with E-state index in [2.05, 4.69) is 30.3 Å². The Labute approximate surface area is 89.6 Å². The predicted molar refractivity (Wildman–Crippen MR) is 64.5 cm³/mol. The molecule has 0 spiro atoms. The van der Waals surface area contributed by atoms with Crippen molar-refractivity contribution in [3.63, 3.8) is 0 Å². The molecule has 1 rings (SSSR count). The molecule has 0 aromatic carbocycles. The molecular formula is C9H20N2S2. The summed E-state index contributed by atoms with van der Waals surface area (Å²) in [6.07, 6.45) is 2.16. The first-order chi connectivity index (χ1) is 6.14. The fourth-order valence-electron chi connectivity index (χ4n) is 1.66. The first kappa shape index (κ1) is 11.7. The second-order valence-corrected chi connectivity index (χ2v) is 7.14. The molecule has 1 fully saturated rings. The third kappa shape index (κ3) is 4.58. The van der Waals surface area contributed by atoms with Crippen molar-refractivity contribution in [2.24, 2.45) is 0 Å². The van der Waals surface area contributed by atoms with E-state index in [1.165, 1.54) is 19.6 Å². The van der Waals surface area contributed by atoms with E-state index < -0.39 is 0 Å². The molecule has 0 aromatic rings. The van der Waals surface area contributed by atoms with Crippen molar-refractivity contribution in [3.05, 3.63) is 0 Å². The van der Waals surface area contributed by atoms with E-state index >= 15 is 0 Å². The van der Waals surface area contributed by atoms with Gasteiger partial charge in [0.05, 0.1) is 0 Å². The van der Waals surface area contributed by atoms with Gasteiger partial charge in [0.2, 0.25) is 0 Å². The van der Waals surface area contributed by atoms with Crippen molar-refractivity contribution >= 4 is 21.6 Å². The third-order valence-corrected chi connectivity index (χ3v) is 4.72. The SMILES string of the molecule is CSSC(C)(C)CN1CCNCC1. The standard InChI is InChI=1S/C9H20N2S2/c1-9(2,13-12-3)8-11-6-4-10-5-7-11/h10H,4-8H2,1-3H3. The number of nitrogens with one attached hydrogen (secondary N) is 1. The Morgan fingerprint density at radius 1 is 1.31 bits per heavy atom. The highest BCUT2D eigenvalue weighted by molar-refractivity contribution is 8.76. The van der Waals surface area contributed by atoms with Gasteiger partial charge in [0.25, 0.3) is 0 Å². The molecule has 13 heavy (non-hydrogen) atoms. The van der Waals surface area contributed by atoms with Crippen LogP contribution in [0, 0.1) is 0 Å². The van der Waals surface area contributed by atoms with Crippen LogP contribution in [0.2, 0.25) is 0 Å². The van der Waals surface area contributed by atoms with E-state index in [-0.39, 0.29) is 0 Å². The lowest BCUT2D eigenvalue weighted by Crippen LogP contribution is -2.47. The summed E-state index contributed by atoms with van der Waals surface area (Å²) in [7, 11) is 3.85. The zero-order valence-corrected chi connectivity index (χ0v) is 10.4. The smallest absolute Gasteiger partial charge is 0.0334 e. The van der Waals surface area contributed by atoms with Gasteiger partial charge in [0.1, 0.15) is 0 Å². The molecule has 1 aliphatic rings. The molecule has 4 heteroatoms. The van der Waals surface area contributed by atoms with E-state index in [9.17, 15) is 0 Å². The van der Waals surface area contributed by atoms with Crippen LogP contribution in [-0.4, -0.2) is 48.6 Å². The van der Waals surface area contributed by atoms with Crippen LogP contribution < -0.4 is 5.32 Å². The minimum absolute atomic E-state index is 0.386. The monoisotopic (exact) mass is 220 g/mol. The molecule has 0 atom stereocenters. The van der Waals surface area contributed by atoms with Crippen LogP contribution in [0.4, 0.5) is 0 Å². The summed E-state index contributed by atoms with van der Waals surface area (Å²) in [5.41, 5.74) is 0. The van der Waals surface area contributed by atoms with Crippen LogP contribution in [0.3, 0.4) is 0 Å². The molecule has 0 aliphatic carbocycles. The van der Waals surface area contributed by atoms with E-state index in [0.717, 1.165) is 13.1 Å². The van der Waals surface area contributed by atoms with E-state index in [0.29, 0.717) is 4.75 Å². The topological polar surface area (TPSA) is 15.3 Å². The highest BCUT2D eigenvalue weighted by atomic mass is 33.1. The average Bonchev–Trinajstić information content (AvgIpc) is 2.04. The van der Waals surface area contributed by atoms with Crippen LogP contribution >= 0.6 is 21.6 Å². The lowest BCUT2D eigenvalue weighted by atomic mass is 10.2. The highest BCUT2D eigenvalue weighted by Gasteiger charge is 2.22. The maximum Gasteiger partial charge on any atom is 0.0334 e. The Hall–Kier alpha value is 0.620. The van der Waals surface area contributed by atoms with Crippen molar-refractivity contribution < 1.29 is 0 Å². The quantitative estimate of drug-likeness (QED) is 0.725. The van der Waals surface area contributed by atoms with Crippen molar-refractivity contribution in [2.45, 2.75) is 18.6 Å². The van der Waals surface area contributed by atoms with Gasteiger partial charge in [-0.2, -0.15) is 0 Å². The summed E-state index contributed by atoms with van der Waals surface area (Å²) >= 11 is 0. The Kier molecular flexibility index (Phi) is 4.94. The van der Waals surface area contributed by atoms with Gasteiger partial charge < -0.3 is 5.32 Å². The second kappa shape index (κ2) is 5.49. The summed E-state index contributed by atoms with van der Waals surface area (Å²) in [4.78, 5) is 2.56. The van der Waals surface area contributed by atoms with Gasteiger partial charge in [0, 0.05) is 37.5 Å². The molecule has 1 saturated heterocycles. The van der Waals surface area contributed by atoms with Crippen molar-refractivity contribution in [3.8, 4) is 0 Å². The van der Waals surface area contributed by atoms with E-state index in [4.69, 9.17) is 0 Å². The molecular weight excluding hydrogens is 200 g/mol. The van der Waals surface area contributed by atoms with Crippen molar-refractivity contribution in [2.75, 3.05) is 39.0 Å². The molecule has 0 amide bonds. The fraction of sp³-hybridized carbons (Fsp3) is 1.00. The maximum atomic E-state index is 3.38. The van der Waals surface area contributed by atoms with Gasteiger partial charge in [-0.3, -0.25) is 4.90 Å². The van der Waals surface area contributed by atoms with Gasteiger partial charge in [-0.15, -0.1) is 0 Å². The van der Waals surface area contributed by atoms with Gasteiger partial charge in [-0.05, 0) is 20.1 Å². The summed E-state index contributed by atoms with van der Waals surface area (Å²) in [5.74, 6) is 0. The van der Waals surface area contributed by atoms with Gasteiger partial charge >= 0.3 is 0 Å². The van der Waals surface area contributed by atoms with Gasteiger partial charge in [-0.1, -0.05) is 21.6 Å². The Morgan fingerprint density at radius 3 is 2.46 bits per heavy atom. The zero-order valence-electron chi connectivity index (χ0n) is 8.80. The molecule has 78 valence electrons. The van der Waals surface area contributed by atoms with Crippen molar-refractivity contribution in [1.82, 2.24) is 10.2 Å². The van der Waals surface area contributed by atoms with Crippen molar-refractivity contribution in [1.29, 1.82) is 0 Å². The molecule has 1 N–H and O–H groups in total. The molecule has 2 nitrogen and oxygen atoms in total. The number of rotatable bonds is 4. The molecule has 0 bridgehead atoms. The van der Waals surface area contributed by atoms with Crippen LogP contribution in [0.15, 0.2) is 0 Å². The first-order valence-electron chi connectivity index (χ1n) is 4.79. The Morgan fingerprint density at radius 2 is 1.92 bits per heavy atom. The molecule has 0 saturated carbocycles. The normalized spacial score (nSPS) is 20.5. The summed E-state index contributed by atoms with van der Waals surface area (Å²) in [5, 5.41) is 3.38. The number of hydrogen-bond acceptors (Lipinski definition) is 4. The second-order valence-electron chi connectivity index (χ2n) is 4.04. The van der Waals surface area contributed by atoms with E-state index in [1.807, 2.05) is 21.6 Å². The first-order valence-corrected chi connectivity index (χ1v) is 7.35. The number of hydrogen-bond donors (Lipinski definition) is 1. The molecule has 0 radical (unpaired) electrons. The third-order valence-electron chi connectivity index (χ3n) is 2.12. The predicted octanol–water partition coefficient (Wildman–Crippen LogP) is 1.68. The Bertz CT molecular complexity index is 145. The summed E-state index contributed by atoms with van der Waals surface area (Å²) < 4.78 is 0.386.